The first-order chi connectivity index (χ1) is 11.0. The zero-order valence-electron chi connectivity index (χ0n) is 11.8. The molecule has 0 amide bonds. The van der Waals surface area contributed by atoms with Gasteiger partial charge in [0, 0.05) is 5.56 Å². The third-order valence-electron chi connectivity index (χ3n) is 2.87. The summed E-state index contributed by atoms with van der Waals surface area (Å²) in [7, 11) is 0. The first kappa shape index (κ1) is 17.1. The van der Waals surface area contributed by atoms with Crippen LogP contribution in [0.2, 0.25) is 10.0 Å². The average molecular weight is 351 g/mol. The second kappa shape index (κ2) is 7.81. The van der Waals surface area contributed by atoms with E-state index in [0.29, 0.717) is 21.4 Å². The molecule has 0 aliphatic carbocycles. The molecule has 0 fully saturated rings. The lowest BCUT2D eigenvalue weighted by molar-refractivity contribution is -0.139. The minimum atomic E-state index is -1.04. The van der Waals surface area contributed by atoms with E-state index in [0.717, 1.165) is 5.56 Å². The molecule has 0 atom stereocenters. The van der Waals surface area contributed by atoms with Gasteiger partial charge < -0.3 is 9.84 Å². The number of carboxylic acid groups (broad SMARTS) is 1. The number of allylic oxidation sites excluding steroid dienone is 1. The quantitative estimate of drug-likeness (QED) is 0.621. The van der Waals surface area contributed by atoms with Crippen molar-refractivity contribution in [1.82, 2.24) is 0 Å². The lowest BCUT2D eigenvalue weighted by atomic mass is 10.1. The largest absolute Gasteiger partial charge is 0.482 e. The molecule has 1 N–H and O–H groups in total. The van der Waals surface area contributed by atoms with Crippen LogP contribution in [0.25, 0.3) is 6.08 Å². The van der Waals surface area contributed by atoms with Crippen LogP contribution in [-0.2, 0) is 4.79 Å². The van der Waals surface area contributed by atoms with Gasteiger partial charge in [-0.1, -0.05) is 41.4 Å². The van der Waals surface area contributed by atoms with Gasteiger partial charge in [0.15, 0.2) is 12.4 Å². The van der Waals surface area contributed by atoms with Gasteiger partial charge in [0.2, 0.25) is 0 Å². The minimum Gasteiger partial charge on any atom is -0.482 e. The standard InChI is InChI=1S/C17H12Cl2O4/c18-14-7-4-12(9-15(14)19)16(20)8-3-11-1-5-13(6-2-11)23-10-17(21)22/h1-9H,10H2,(H,21,22). The number of benzene rings is 2. The van der Waals surface area contributed by atoms with Gasteiger partial charge >= 0.3 is 5.97 Å². The van der Waals surface area contributed by atoms with Crippen molar-refractivity contribution in [3.8, 4) is 5.75 Å². The summed E-state index contributed by atoms with van der Waals surface area (Å²) in [6.07, 6.45) is 3.07. The number of carboxylic acids is 1. The summed E-state index contributed by atoms with van der Waals surface area (Å²) >= 11 is 11.7. The zero-order valence-corrected chi connectivity index (χ0v) is 13.3. The van der Waals surface area contributed by atoms with Gasteiger partial charge in [-0.25, -0.2) is 4.79 Å². The summed E-state index contributed by atoms with van der Waals surface area (Å²) in [4.78, 5) is 22.5. The Kier molecular flexibility index (Phi) is 5.79. The number of hydrogen-bond donors (Lipinski definition) is 1. The SMILES string of the molecule is O=C(O)COc1ccc(C=CC(=O)c2ccc(Cl)c(Cl)c2)cc1. The zero-order chi connectivity index (χ0) is 16.8. The first-order valence-electron chi connectivity index (χ1n) is 6.58. The van der Waals surface area contributed by atoms with E-state index in [1.165, 1.54) is 12.1 Å². The maximum absolute atomic E-state index is 12.0. The molecule has 0 saturated carbocycles. The van der Waals surface area contributed by atoms with Gasteiger partial charge in [-0.05, 0) is 42.0 Å². The highest BCUT2D eigenvalue weighted by atomic mass is 35.5. The Balaban J connectivity index is 2.03. The number of carbonyl (C=O) groups is 2. The van der Waals surface area contributed by atoms with Gasteiger partial charge in [-0.3, -0.25) is 4.79 Å². The van der Waals surface area contributed by atoms with Crippen molar-refractivity contribution in [2.45, 2.75) is 0 Å². The highest BCUT2D eigenvalue weighted by molar-refractivity contribution is 6.42. The van der Waals surface area contributed by atoms with Crippen molar-refractivity contribution >= 4 is 41.0 Å². The lowest BCUT2D eigenvalue weighted by Gasteiger charge is -2.03. The molecule has 2 aromatic carbocycles. The second-order valence-electron chi connectivity index (χ2n) is 4.58. The molecule has 0 heterocycles. The van der Waals surface area contributed by atoms with Gasteiger partial charge in [0.1, 0.15) is 5.75 Å². The third-order valence-corrected chi connectivity index (χ3v) is 3.61. The second-order valence-corrected chi connectivity index (χ2v) is 5.39. The maximum Gasteiger partial charge on any atom is 0.341 e. The van der Waals surface area contributed by atoms with Crippen LogP contribution in [0.1, 0.15) is 15.9 Å². The van der Waals surface area contributed by atoms with Gasteiger partial charge in [0.25, 0.3) is 0 Å². The Morgan fingerprint density at radius 2 is 1.74 bits per heavy atom. The van der Waals surface area contributed by atoms with E-state index < -0.39 is 12.6 Å². The Labute approximate surface area is 142 Å². The van der Waals surface area contributed by atoms with Crippen molar-refractivity contribution in [1.29, 1.82) is 0 Å². The van der Waals surface area contributed by atoms with Crippen LogP contribution in [0.5, 0.6) is 5.75 Å². The van der Waals surface area contributed by atoms with E-state index in [4.69, 9.17) is 33.0 Å². The van der Waals surface area contributed by atoms with E-state index in [1.54, 1.807) is 42.5 Å². The van der Waals surface area contributed by atoms with Gasteiger partial charge in [-0.2, -0.15) is 0 Å². The molecule has 0 unspecified atom stereocenters. The van der Waals surface area contributed by atoms with E-state index >= 15 is 0 Å². The van der Waals surface area contributed by atoms with Crippen LogP contribution in [0, 0.1) is 0 Å². The van der Waals surface area contributed by atoms with Crippen molar-refractivity contribution < 1.29 is 19.4 Å². The van der Waals surface area contributed by atoms with E-state index in [1.807, 2.05) is 0 Å². The predicted octanol–water partition coefficient (Wildman–Crippen LogP) is 4.35. The first-order valence-corrected chi connectivity index (χ1v) is 7.33. The molecule has 23 heavy (non-hydrogen) atoms. The van der Waals surface area contributed by atoms with Gasteiger partial charge in [0.05, 0.1) is 10.0 Å². The van der Waals surface area contributed by atoms with Crippen molar-refractivity contribution in [2.24, 2.45) is 0 Å². The molecular weight excluding hydrogens is 339 g/mol. The predicted molar refractivity (Wildman–Crippen MR) is 89.4 cm³/mol. The Morgan fingerprint density at radius 3 is 2.35 bits per heavy atom. The van der Waals surface area contributed by atoms with Crippen LogP contribution in [0.3, 0.4) is 0 Å². The van der Waals surface area contributed by atoms with Crippen molar-refractivity contribution in [3.63, 3.8) is 0 Å². The molecule has 6 heteroatoms. The molecule has 2 rings (SSSR count). The molecule has 0 spiro atoms. The van der Waals surface area contributed by atoms with E-state index in [2.05, 4.69) is 0 Å². The fourth-order valence-electron chi connectivity index (χ4n) is 1.74. The number of halogens is 2. The van der Waals surface area contributed by atoms with E-state index in [-0.39, 0.29) is 5.78 Å². The fourth-order valence-corrected chi connectivity index (χ4v) is 2.04. The van der Waals surface area contributed by atoms with Crippen molar-refractivity contribution in [2.75, 3.05) is 6.61 Å². The van der Waals surface area contributed by atoms with Crippen LogP contribution in [-0.4, -0.2) is 23.5 Å². The maximum atomic E-state index is 12.0. The molecule has 4 nitrogen and oxygen atoms in total. The lowest BCUT2D eigenvalue weighted by Crippen LogP contribution is -2.09. The smallest absolute Gasteiger partial charge is 0.341 e. The summed E-state index contributed by atoms with van der Waals surface area (Å²) in [5.41, 5.74) is 1.22. The molecule has 0 aliphatic heterocycles. The minimum absolute atomic E-state index is 0.199. The Morgan fingerprint density at radius 1 is 1.04 bits per heavy atom. The Hall–Kier alpha value is -2.30. The summed E-state index contributed by atoms with van der Waals surface area (Å²) in [5.74, 6) is -0.795. The normalized spacial score (nSPS) is 10.7. The summed E-state index contributed by atoms with van der Waals surface area (Å²) in [6.45, 7) is -0.398. The molecule has 118 valence electrons. The molecule has 0 saturated heterocycles. The topological polar surface area (TPSA) is 63.6 Å². The Bertz CT molecular complexity index is 752. The summed E-state index contributed by atoms with van der Waals surface area (Å²) < 4.78 is 5.02. The van der Waals surface area contributed by atoms with Crippen LogP contribution in [0.15, 0.2) is 48.5 Å². The number of rotatable bonds is 6. The molecule has 0 aliphatic rings. The average Bonchev–Trinajstić information content (AvgIpc) is 2.54. The fraction of sp³-hybridized carbons (Fsp3) is 0.0588. The number of aliphatic carboxylic acids is 1. The molecule has 0 aromatic heterocycles. The molecule has 2 aromatic rings. The number of ketones is 1. The van der Waals surface area contributed by atoms with E-state index in [9.17, 15) is 9.59 Å². The summed E-state index contributed by atoms with van der Waals surface area (Å²) in [6, 6.07) is 11.4. The number of hydrogen-bond acceptors (Lipinski definition) is 3. The monoisotopic (exact) mass is 350 g/mol. The number of carbonyl (C=O) groups excluding carboxylic acids is 1. The molecule has 0 bridgehead atoms. The third kappa shape index (κ3) is 5.13. The highest BCUT2D eigenvalue weighted by Gasteiger charge is 2.05. The summed E-state index contributed by atoms with van der Waals surface area (Å²) in [5, 5.41) is 9.25. The highest BCUT2D eigenvalue weighted by Crippen LogP contribution is 2.23. The van der Waals surface area contributed by atoms with Crippen molar-refractivity contribution in [3.05, 3.63) is 69.7 Å². The van der Waals surface area contributed by atoms with Crippen LogP contribution in [0.4, 0.5) is 0 Å². The van der Waals surface area contributed by atoms with Crippen LogP contribution >= 0.6 is 23.2 Å². The number of ether oxygens (including phenoxy) is 1. The van der Waals surface area contributed by atoms with Gasteiger partial charge in [-0.15, -0.1) is 0 Å². The molecular formula is C17H12Cl2O4. The van der Waals surface area contributed by atoms with Crippen LogP contribution < -0.4 is 4.74 Å². The molecule has 0 radical (unpaired) electrons.